The van der Waals surface area contributed by atoms with Crippen LogP contribution in [0.1, 0.15) is 37.4 Å². The second-order valence-corrected chi connectivity index (χ2v) is 8.64. The van der Waals surface area contributed by atoms with Crippen molar-refractivity contribution in [3.63, 3.8) is 0 Å². The van der Waals surface area contributed by atoms with Gasteiger partial charge in [0, 0.05) is 32.2 Å². The van der Waals surface area contributed by atoms with E-state index in [1.807, 2.05) is 12.1 Å². The number of hydrogen-bond acceptors (Lipinski definition) is 3. The molecule has 1 aliphatic heterocycles. The van der Waals surface area contributed by atoms with Crippen molar-refractivity contribution in [3.8, 4) is 0 Å². The number of nitrogens with zero attached hydrogens (tertiary/aromatic N) is 3. The third-order valence-corrected chi connectivity index (χ3v) is 6.71. The maximum Gasteiger partial charge on any atom is 0.0595 e. The molecule has 0 N–H and O–H groups in total. The van der Waals surface area contributed by atoms with Gasteiger partial charge in [-0.2, -0.15) is 0 Å². The van der Waals surface area contributed by atoms with Gasteiger partial charge < -0.3 is 9.80 Å². The summed E-state index contributed by atoms with van der Waals surface area (Å²) in [6, 6.07) is 17.3. The van der Waals surface area contributed by atoms with Gasteiger partial charge in [0.25, 0.3) is 0 Å². The molecule has 5 heteroatoms. The predicted octanol–water partition coefficient (Wildman–Crippen LogP) is 5.58. The van der Waals surface area contributed by atoms with E-state index in [2.05, 4.69) is 64.9 Å². The Bertz CT molecular complexity index is 749. The van der Waals surface area contributed by atoms with Gasteiger partial charge in [0.1, 0.15) is 0 Å². The Hall–Kier alpha value is -1.10. The third-order valence-electron chi connectivity index (χ3n) is 5.97. The molecule has 158 valence electrons. The molecule has 0 aromatic heterocycles. The lowest BCUT2D eigenvalue weighted by Gasteiger charge is -2.42. The van der Waals surface area contributed by atoms with Crippen LogP contribution in [-0.4, -0.2) is 60.5 Å². The highest BCUT2D eigenvalue weighted by molar-refractivity contribution is 6.42. The van der Waals surface area contributed by atoms with Gasteiger partial charge in [-0.15, -0.1) is 0 Å². The Balaban J connectivity index is 1.66. The van der Waals surface area contributed by atoms with Crippen LogP contribution in [0.5, 0.6) is 0 Å². The predicted molar refractivity (Wildman–Crippen MR) is 125 cm³/mol. The summed E-state index contributed by atoms with van der Waals surface area (Å²) in [5.41, 5.74) is 2.61. The molecule has 3 nitrogen and oxygen atoms in total. The normalized spacial score (nSPS) is 18.4. The molecular formula is C24H33Cl2N3. The first-order valence-electron chi connectivity index (χ1n) is 10.8. The quantitative estimate of drug-likeness (QED) is 0.510. The van der Waals surface area contributed by atoms with Crippen LogP contribution in [0.25, 0.3) is 0 Å². The van der Waals surface area contributed by atoms with Gasteiger partial charge in [0.15, 0.2) is 0 Å². The zero-order valence-corrected chi connectivity index (χ0v) is 19.2. The van der Waals surface area contributed by atoms with Crippen LogP contribution < -0.4 is 0 Å². The molecule has 0 spiro atoms. The summed E-state index contributed by atoms with van der Waals surface area (Å²) < 4.78 is 0. The Morgan fingerprint density at radius 3 is 2.41 bits per heavy atom. The molecule has 1 unspecified atom stereocenters. The average molecular weight is 434 g/mol. The van der Waals surface area contributed by atoms with Crippen molar-refractivity contribution in [2.24, 2.45) is 0 Å². The van der Waals surface area contributed by atoms with E-state index in [0.29, 0.717) is 16.1 Å². The smallest absolute Gasteiger partial charge is 0.0595 e. The molecule has 1 saturated heterocycles. The van der Waals surface area contributed by atoms with Crippen LogP contribution in [0.15, 0.2) is 48.5 Å². The molecule has 0 amide bonds. The molecule has 1 aliphatic rings. The fraction of sp³-hybridized carbons (Fsp3) is 0.500. The van der Waals surface area contributed by atoms with Crippen LogP contribution in [0, 0.1) is 0 Å². The molecule has 0 radical (unpaired) electrons. The van der Waals surface area contributed by atoms with Crippen molar-refractivity contribution in [3.05, 3.63) is 69.7 Å². The molecule has 0 saturated carbocycles. The molecule has 2 aromatic rings. The maximum atomic E-state index is 6.25. The first-order chi connectivity index (χ1) is 14.1. The monoisotopic (exact) mass is 433 g/mol. The van der Waals surface area contributed by atoms with E-state index >= 15 is 0 Å². The highest BCUT2D eigenvalue weighted by Crippen LogP contribution is 2.29. The van der Waals surface area contributed by atoms with Crippen molar-refractivity contribution in [2.45, 2.75) is 32.9 Å². The number of piperazine rings is 1. The Kier molecular flexibility index (Phi) is 8.83. The fourth-order valence-electron chi connectivity index (χ4n) is 4.19. The largest absolute Gasteiger partial charge is 0.304 e. The second-order valence-electron chi connectivity index (χ2n) is 7.83. The lowest BCUT2D eigenvalue weighted by atomic mass is 10.0. The minimum absolute atomic E-state index is 0.396. The summed E-state index contributed by atoms with van der Waals surface area (Å²) in [6.45, 7) is 13.3. The lowest BCUT2D eigenvalue weighted by molar-refractivity contribution is 0.0655. The van der Waals surface area contributed by atoms with Crippen molar-refractivity contribution >= 4 is 23.2 Å². The fourth-order valence-corrected chi connectivity index (χ4v) is 4.51. The zero-order chi connectivity index (χ0) is 20.6. The van der Waals surface area contributed by atoms with Gasteiger partial charge in [-0.25, -0.2) is 0 Å². The molecular weight excluding hydrogens is 401 g/mol. The molecule has 29 heavy (non-hydrogen) atoms. The Morgan fingerprint density at radius 2 is 1.72 bits per heavy atom. The molecule has 0 aliphatic carbocycles. The summed E-state index contributed by atoms with van der Waals surface area (Å²) in [5, 5.41) is 1.25. The summed E-state index contributed by atoms with van der Waals surface area (Å²) in [7, 11) is 0. The van der Waals surface area contributed by atoms with Crippen molar-refractivity contribution in [1.29, 1.82) is 0 Å². The first kappa shape index (κ1) is 22.6. The van der Waals surface area contributed by atoms with Crippen LogP contribution >= 0.6 is 23.2 Å². The lowest BCUT2D eigenvalue weighted by Crippen LogP contribution is -2.48. The molecule has 1 atom stereocenters. The van der Waals surface area contributed by atoms with Crippen molar-refractivity contribution < 1.29 is 0 Å². The van der Waals surface area contributed by atoms with E-state index in [-0.39, 0.29) is 0 Å². The van der Waals surface area contributed by atoms with Crippen molar-refractivity contribution in [2.75, 3.05) is 45.8 Å². The molecule has 0 bridgehead atoms. The Labute approximate surface area is 186 Å². The SMILES string of the molecule is CCN(CC)CCCN1CCN(Cc2ccc(Cl)c(Cl)c2)C(c2ccccc2)C1. The topological polar surface area (TPSA) is 9.72 Å². The van der Waals surface area contributed by atoms with Gasteiger partial charge in [-0.1, -0.05) is 73.4 Å². The van der Waals surface area contributed by atoms with Crippen LogP contribution in [0.3, 0.4) is 0 Å². The highest BCUT2D eigenvalue weighted by Gasteiger charge is 2.28. The number of rotatable bonds is 9. The number of halogens is 2. The first-order valence-corrected chi connectivity index (χ1v) is 11.5. The highest BCUT2D eigenvalue weighted by atomic mass is 35.5. The van der Waals surface area contributed by atoms with Crippen molar-refractivity contribution in [1.82, 2.24) is 14.7 Å². The minimum Gasteiger partial charge on any atom is -0.304 e. The molecule has 3 rings (SSSR count). The third kappa shape index (κ3) is 6.44. The van der Waals surface area contributed by atoms with Gasteiger partial charge in [0.2, 0.25) is 0 Å². The zero-order valence-electron chi connectivity index (χ0n) is 17.7. The van der Waals surface area contributed by atoms with Crippen LogP contribution in [-0.2, 0) is 6.54 Å². The van der Waals surface area contributed by atoms with Gasteiger partial charge in [-0.05, 0) is 55.9 Å². The molecule has 1 heterocycles. The number of hydrogen-bond donors (Lipinski definition) is 0. The van der Waals surface area contributed by atoms with Crippen LogP contribution in [0.4, 0.5) is 0 Å². The number of benzene rings is 2. The minimum atomic E-state index is 0.396. The van der Waals surface area contributed by atoms with E-state index in [9.17, 15) is 0 Å². The van der Waals surface area contributed by atoms with Gasteiger partial charge >= 0.3 is 0 Å². The summed E-state index contributed by atoms with van der Waals surface area (Å²) in [6.07, 6.45) is 1.23. The van der Waals surface area contributed by atoms with Gasteiger partial charge in [0.05, 0.1) is 10.0 Å². The standard InChI is InChI=1S/C24H33Cl2N3/c1-3-27(4-2)13-8-14-28-15-16-29(18-20-11-12-22(25)23(26)17-20)24(19-28)21-9-6-5-7-10-21/h5-7,9-12,17,24H,3-4,8,13-16,18-19H2,1-2H3. The average Bonchev–Trinajstić information content (AvgIpc) is 2.75. The van der Waals surface area contributed by atoms with E-state index < -0.39 is 0 Å². The second kappa shape index (κ2) is 11.3. The molecule has 1 fully saturated rings. The van der Waals surface area contributed by atoms with E-state index in [4.69, 9.17) is 23.2 Å². The van der Waals surface area contributed by atoms with E-state index in [1.165, 1.54) is 30.6 Å². The summed E-state index contributed by atoms with van der Waals surface area (Å²) >= 11 is 12.4. The van der Waals surface area contributed by atoms with Gasteiger partial charge in [-0.3, -0.25) is 4.90 Å². The van der Waals surface area contributed by atoms with Crippen LogP contribution in [0.2, 0.25) is 10.0 Å². The van der Waals surface area contributed by atoms with E-state index in [0.717, 1.165) is 39.3 Å². The summed E-state index contributed by atoms with van der Waals surface area (Å²) in [4.78, 5) is 7.72. The maximum absolute atomic E-state index is 6.25. The van der Waals surface area contributed by atoms with E-state index in [1.54, 1.807) is 0 Å². The summed E-state index contributed by atoms with van der Waals surface area (Å²) in [5.74, 6) is 0. The molecule has 2 aromatic carbocycles. The Morgan fingerprint density at radius 1 is 0.966 bits per heavy atom.